The van der Waals surface area contributed by atoms with E-state index in [1.807, 2.05) is 65.3 Å². The summed E-state index contributed by atoms with van der Waals surface area (Å²) in [6.45, 7) is 1.64. The van der Waals surface area contributed by atoms with Gasteiger partial charge >= 0.3 is 0 Å². The number of nitrogens with zero attached hydrogens (tertiary/aromatic N) is 2. The molecule has 29 heavy (non-hydrogen) atoms. The Labute approximate surface area is 176 Å². The summed E-state index contributed by atoms with van der Waals surface area (Å²) in [5.74, 6) is 0.634. The maximum atomic E-state index is 12.7. The van der Waals surface area contributed by atoms with Crippen molar-refractivity contribution in [3.63, 3.8) is 0 Å². The highest BCUT2D eigenvalue weighted by Gasteiger charge is 2.19. The number of hydrogen-bond donors (Lipinski definition) is 2. The van der Waals surface area contributed by atoms with Gasteiger partial charge in [0.25, 0.3) is 5.91 Å². The average molecular weight is 413 g/mol. The first-order valence-corrected chi connectivity index (χ1v) is 9.56. The van der Waals surface area contributed by atoms with E-state index in [1.165, 1.54) is 0 Å². The van der Waals surface area contributed by atoms with E-state index >= 15 is 0 Å². The van der Waals surface area contributed by atoms with Crippen LogP contribution < -0.4 is 15.4 Å². The van der Waals surface area contributed by atoms with Crippen LogP contribution in [0, 0.1) is 0 Å². The van der Waals surface area contributed by atoms with E-state index in [1.54, 1.807) is 7.11 Å². The van der Waals surface area contributed by atoms with E-state index in [9.17, 15) is 4.79 Å². The molecule has 1 aliphatic heterocycles. The lowest BCUT2D eigenvalue weighted by atomic mass is 10.1. The molecule has 1 saturated heterocycles. The minimum atomic E-state index is -0.154. The Hall–Kier alpha value is -2.83. The summed E-state index contributed by atoms with van der Waals surface area (Å²) in [5, 5.41) is 11.0. The molecule has 6 nitrogen and oxygen atoms in total. The van der Waals surface area contributed by atoms with Crippen molar-refractivity contribution < 1.29 is 9.53 Å². The van der Waals surface area contributed by atoms with Crippen molar-refractivity contribution in [2.45, 2.75) is 18.9 Å². The Balaban J connectivity index is 0.00000240. The van der Waals surface area contributed by atoms with Crippen LogP contribution >= 0.6 is 12.4 Å². The Morgan fingerprint density at radius 3 is 2.62 bits per heavy atom. The number of nitrogens with one attached hydrogen (secondary N) is 2. The van der Waals surface area contributed by atoms with E-state index in [0.717, 1.165) is 42.1 Å². The van der Waals surface area contributed by atoms with Crippen LogP contribution in [-0.4, -0.2) is 41.9 Å². The first-order valence-electron chi connectivity index (χ1n) is 9.56. The molecule has 0 radical (unpaired) electrons. The van der Waals surface area contributed by atoms with Gasteiger partial charge in [-0.15, -0.1) is 12.4 Å². The van der Waals surface area contributed by atoms with Gasteiger partial charge in [-0.05, 0) is 61.9 Å². The number of amides is 1. The van der Waals surface area contributed by atoms with Gasteiger partial charge in [-0.2, -0.15) is 5.10 Å². The summed E-state index contributed by atoms with van der Waals surface area (Å²) in [7, 11) is 1.64. The number of rotatable bonds is 6. The molecule has 1 aliphatic rings. The third-order valence-electron chi connectivity index (χ3n) is 5.00. The van der Waals surface area contributed by atoms with Gasteiger partial charge in [-0.3, -0.25) is 4.79 Å². The molecule has 2 N–H and O–H groups in total. The fourth-order valence-corrected chi connectivity index (χ4v) is 3.46. The molecule has 1 amide bonds. The number of benzene rings is 2. The lowest BCUT2D eigenvalue weighted by Gasteiger charge is -2.10. The van der Waals surface area contributed by atoms with Crippen LogP contribution in [0.25, 0.3) is 16.9 Å². The van der Waals surface area contributed by atoms with Crippen molar-refractivity contribution in [3.8, 4) is 22.7 Å². The normalized spacial score (nSPS) is 15.6. The van der Waals surface area contributed by atoms with Crippen LogP contribution in [0.15, 0.2) is 60.7 Å². The molecule has 1 atom stereocenters. The number of para-hydroxylation sites is 1. The predicted octanol–water partition coefficient (Wildman–Crippen LogP) is 3.45. The van der Waals surface area contributed by atoms with Crippen LogP contribution in [-0.2, 0) is 0 Å². The molecule has 3 aromatic rings. The highest BCUT2D eigenvalue weighted by molar-refractivity contribution is 5.93. The van der Waals surface area contributed by atoms with Gasteiger partial charge in [0, 0.05) is 18.2 Å². The maximum Gasteiger partial charge on any atom is 0.271 e. The third kappa shape index (κ3) is 4.78. The van der Waals surface area contributed by atoms with E-state index in [4.69, 9.17) is 4.74 Å². The van der Waals surface area contributed by atoms with Crippen molar-refractivity contribution in [1.29, 1.82) is 0 Å². The molecule has 4 rings (SSSR count). The minimum Gasteiger partial charge on any atom is -0.497 e. The topological polar surface area (TPSA) is 68.2 Å². The number of halogens is 1. The van der Waals surface area contributed by atoms with Crippen molar-refractivity contribution in [3.05, 3.63) is 66.4 Å². The minimum absolute atomic E-state index is 0. The number of ether oxygens (including phenoxy) is 1. The summed E-state index contributed by atoms with van der Waals surface area (Å²) in [5.41, 5.74) is 3.14. The SMILES string of the molecule is COc1ccc(-c2cc(C(=O)NCC3CCCN3)nn2-c2ccccc2)cc1.Cl. The molecule has 1 fully saturated rings. The second-order valence-corrected chi connectivity index (χ2v) is 6.89. The average Bonchev–Trinajstić information content (AvgIpc) is 3.43. The highest BCUT2D eigenvalue weighted by Crippen LogP contribution is 2.26. The molecule has 0 spiro atoms. The van der Waals surface area contributed by atoms with Gasteiger partial charge in [0.05, 0.1) is 18.5 Å². The predicted molar refractivity (Wildman–Crippen MR) is 116 cm³/mol. The van der Waals surface area contributed by atoms with Gasteiger partial charge in [0.15, 0.2) is 5.69 Å². The molecular weight excluding hydrogens is 388 g/mol. The van der Waals surface area contributed by atoms with E-state index < -0.39 is 0 Å². The van der Waals surface area contributed by atoms with E-state index in [2.05, 4.69) is 15.7 Å². The van der Waals surface area contributed by atoms with E-state index in [0.29, 0.717) is 18.3 Å². The van der Waals surface area contributed by atoms with Crippen LogP contribution in [0.4, 0.5) is 0 Å². The maximum absolute atomic E-state index is 12.7. The first-order chi connectivity index (χ1) is 13.7. The largest absolute Gasteiger partial charge is 0.497 e. The summed E-state index contributed by atoms with van der Waals surface area (Å²) in [6, 6.07) is 19.8. The van der Waals surface area contributed by atoms with Crippen LogP contribution in [0.3, 0.4) is 0 Å². The summed E-state index contributed by atoms with van der Waals surface area (Å²) < 4.78 is 7.06. The zero-order chi connectivity index (χ0) is 19.3. The summed E-state index contributed by atoms with van der Waals surface area (Å²) >= 11 is 0. The van der Waals surface area contributed by atoms with Crippen LogP contribution in [0.2, 0.25) is 0 Å². The smallest absolute Gasteiger partial charge is 0.271 e. The number of carbonyl (C=O) groups is 1. The number of methoxy groups -OCH3 is 1. The van der Waals surface area contributed by atoms with Crippen molar-refractivity contribution in [2.75, 3.05) is 20.2 Å². The van der Waals surface area contributed by atoms with Gasteiger partial charge in [-0.25, -0.2) is 4.68 Å². The number of hydrogen-bond acceptors (Lipinski definition) is 4. The lowest BCUT2D eigenvalue weighted by molar-refractivity contribution is 0.0945. The molecule has 7 heteroatoms. The quantitative estimate of drug-likeness (QED) is 0.650. The standard InChI is InChI=1S/C22H24N4O2.ClH/c1-28-19-11-9-16(10-12-19)21-14-20(22(27)24-15-17-6-5-13-23-17)25-26(21)18-7-3-2-4-8-18;/h2-4,7-12,14,17,23H,5-6,13,15H2,1H3,(H,24,27);1H. The van der Waals surface area contributed by atoms with Crippen LogP contribution in [0.5, 0.6) is 5.75 Å². The monoisotopic (exact) mass is 412 g/mol. The fourth-order valence-electron chi connectivity index (χ4n) is 3.46. The number of aromatic nitrogens is 2. The van der Waals surface area contributed by atoms with Crippen LogP contribution in [0.1, 0.15) is 23.3 Å². The summed E-state index contributed by atoms with van der Waals surface area (Å²) in [4.78, 5) is 12.7. The number of carbonyl (C=O) groups excluding carboxylic acids is 1. The molecule has 2 heterocycles. The van der Waals surface area contributed by atoms with Crippen molar-refractivity contribution in [1.82, 2.24) is 20.4 Å². The van der Waals surface area contributed by atoms with Crippen molar-refractivity contribution >= 4 is 18.3 Å². The zero-order valence-corrected chi connectivity index (χ0v) is 17.1. The van der Waals surface area contributed by atoms with Gasteiger partial charge in [0.1, 0.15) is 5.75 Å². The van der Waals surface area contributed by atoms with Gasteiger partial charge < -0.3 is 15.4 Å². The third-order valence-corrected chi connectivity index (χ3v) is 5.00. The molecular formula is C22H25ClN4O2. The molecule has 1 unspecified atom stereocenters. The second kappa shape index (κ2) is 9.58. The molecule has 0 bridgehead atoms. The second-order valence-electron chi connectivity index (χ2n) is 6.89. The Morgan fingerprint density at radius 1 is 1.21 bits per heavy atom. The molecule has 0 saturated carbocycles. The highest BCUT2D eigenvalue weighted by atomic mass is 35.5. The van der Waals surface area contributed by atoms with Gasteiger partial charge in [-0.1, -0.05) is 18.2 Å². The van der Waals surface area contributed by atoms with Crippen molar-refractivity contribution in [2.24, 2.45) is 0 Å². The first kappa shape index (κ1) is 20.9. The zero-order valence-electron chi connectivity index (χ0n) is 16.3. The van der Waals surface area contributed by atoms with Gasteiger partial charge in [0.2, 0.25) is 0 Å². The molecule has 2 aromatic carbocycles. The van der Waals surface area contributed by atoms with E-state index in [-0.39, 0.29) is 18.3 Å². The summed E-state index contributed by atoms with van der Waals surface area (Å²) in [6.07, 6.45) is 2.25. The molecule has 0 aliphatic carbocycles. The lowest BCUT2D eigenvalue weighted by Crippen LogP contribution is -2.37. The molecule has 1 aromatic heterocycles. The Morgan fingerprint density at radius 2 is 1.97 bits per heavy atom. The Bertz CT molecular complexity index is 935. The fraction of sp³-hybridized carbons (Fsp3) is 0.273. The molecule has 152 valence electrons. The Kier molecular flexibility index (Phi) is 6.90.